The summed E-state index contributed by atoms with van der Waals surface area (Å²) in [4.78, 5) is 1.27. The van der Waals surface area contributed by atoms with Gasteiger partial charge in [-0.1, -0.05) is 33.6 Å². The van der Waals surface area contributed by atoms with E-state index in [4.69, 9.17) is 11.6 Å². The molecule has 72 valence electrons. The third-order valence-electron chi connectivity index (χ3n) is 1.59. The van der Waals surface area contributed by atoms with Gasteiger partial charge in [0.25, 0.3) is 0 Å². The monoisotopic (exact) mass is 278 g/mol. The molecule has 0 unspecified atom stereocenters. The van der Waals surface area contributed by atoms with Crippen LogP contribution in [-0.2, 0) is 0 Å². The second-order valence-corrected chi connectivity index (χ2v) is 5.10. The number of thioether (sulfide) groups is 1. The highest BCUT2D eigenvalue weighted by Gasteiger charge is 1.94. The fourth-order valence-corrected chi connectivity index (χ4v) is 2.56. The molecular weight excluding hydrogens is 268 g/mol. The fourth-order valence-electron chi connectivity index (χ4n) is 0.943. The molecule has 0 atom stereocenters. The van der Waals surface area contributed by atoms with Gasteiger partial charge in [0.1, 0.15) is 0 Å². The summed E-state index contributed by atoms with van der Waals surface area (Å²) in [7, 11) is 0. The van der Waals surface area contributed by atoms with Crippen LogP contribution in [0.2, 0.25) is 5.02 Å². The van der Waals surface area contributed by atoms with E-state index in [2.05, 4.69) is 22.0 Å². The third kappa shape index (κ3) is 4.94. The van der Waals surface area contributed by atoms with Crippen LogP contribution in [0, 0.1) is 0 Å². The van der Waals surface area contributed by atoms with Crippen molar-refractivity contribution in [2.45, 2.75) is 17.7 Å². The van der Waals surface area contributed by atoms with E-state index in [0.29, 0.717) is 0 Å². The molecule has 1 aromatic rings. The van der Waals surface area contributed by atoms with Gasteiger partial charge >= 0.3 is 0 Å². The maximum Gasteiger partial charge on any atom is 0.0417 e. The topological polar surface area (TPSA) is 0 Å². The Morgan fingerprint density at radius 1 is 1.31 bits per heavy atom. The molecule has 0 N–H and O–H groups in total. The van der Waals surface area contributed by atoms with Crippen LogP contribution in [0.4, 0.5) is 0 Å². The van der Waals surface area contributed by atoms with Gasteiger partial charge in [-0.05, 0) is 36.8 Å². The molecule has 0 aromatic heterocycles. The number of hydrogen-bond donors (Lipinski definition) is 0. The SMILES string of the molecule is Clc1cccc(SCCCCBr)c1. The van der Waals surface area contributed by atoms with Crippen molar-refractivity contribution < 1.29 is 0 Å². The minimum absolute atomic E-state index is 0.825. The summed E-state index contributed by atoms with van der Waals surface area (Å²) in [6.45, 7) is 0. The Morgan fingerprint density at radius 2 is 2.15 bits per heavy atom. The lowest BCUT2D eigenvalue weighted by Gasteiger charge is -2.00. The van der Waals surface area contributed by atoms with Crippen LogP contribution in [0.5, 0.6) is 0 Å². The van der Waals surface area contributed by atoms with E-state index in [0.717, 1.165) is 10.4 Å². The summed E-state index contributed by atoms with van der Waals surface area (Å²) < 4.78 is 0. The van der Waals surface area contributed by atoms with Crippen molar-refractivity contribution >= 4 is 39.3 Å². The predicted octanol–water partition coefficient (Wildman–Crippen LogP) is 4.61. The van der Waals surface area contributed by atoms with Gasteiger partial charge in [0, 0.05) is 15.2 Å². The smallest absolute Gasteiger partial charge is 0.0417 e. The molecule has 0 nitrogen and oxygen atoms in total. The van der Waals surface area contributed by atoms with Crippen molar-refractivity contribution in [3.8, 4) is 0 Å². The standard InChI is InChI=1S/C10H12BrClS/c11-6-1-2-7-13-10-5-3-4-9(12)8-10/h3-5,8H,1-2,6-7H2. The number of benzene rings is 1. The molecule has 0 radical (unpaired) electrons. The zero-order valence-electron chi connectivity index (χ0n) is 7.30. The molecule has 3 heteroatoms. The van der Waals surface area contributed by atoms with Crippen molar-refractivity contribution in [1.29, 1.82) is 0 Å². The van der Waals surface area contributed by atoms with E-state index in [9.17, 15) is 0 Å². The van der Waals surface area contributed by atoms with Crippen LogP contribution in [0.25, 0.3) is 0 Å². The van der Waals surface area contributed by atoms with Gasteiger partial charge in [0.05, 0.1) is 0 Å². The van der Waals surface area contributed by atoms with E-state index in [1.54, 1.807) is 0 Å². The Morgan fingerprint density at radius 3 is 2.85 bits per heavy atom. The lowest BCUT2D eigenvalue weighted by atomic mass is 10.4. The molecule has 0 spiro atoms. The summed E-state index contributed by atoms with van der Waals surface area (Å²) >= 11 is 11.2. The molecular formula is C10H12BrClS. The van der Waals surface area contributed by atoms with Crippen LogP contribution >= 0.6 is 39.3 Å². The van der Waals surface area contributed by atoms with Crippen LogP contribution in [-0.4, -0.2) is 11.1 Å². The van der Waals surface area contributed by atoms with E-state index in [1.165, 1.54) is 23.5 Å². The van der Waals surface area contributed by atoms with Gasteiger partial charge in [-0.15, -0.1) is 11.8 Å². The number of halogens is 2. The summed E-state index contributed by atoms with van der Waals surface area (Å²) in [5, 5.41) is 1.92. The van der Waals surface area contributed by atoms with Crippen molar-refractivity contribution in [1.82, 2.24) is 0 Å². The molecule has 0 saturated heterocycles. The predicted molar refractivity (Wildman–Crippen MR) is 65.2 cm³/mol. The highest BCUT2D eigenvalue weighted by Crippen LogP contribution is 2.22. The first-order chi connectivity index (χ1) is 6.33. The van der Waals surface area contributed by atoms with Gasteiger partial charge in [0.2, 0.25) is 0 Å². The first kappa shape index (κ1) is 11.4. The molecule has 1 aromatic carbocycles. The lowest BCUT2D eigenvalue weighted by molar-refractivity contribution is 0.913. The Labute approximate surface area is 97.2 Å². The largest absolute Gasteiger partial charge is 0.126 e. The van der Waals surface area contributed by atoms with E-state index >= 15 is 0 Å². The molecule has 0 aliphatic rings. The van der Waals surface area contributed by atoms with Gasteiger partial charge in [-0.2, -0.15) is 0 Å². The Balaban J connectivity index is 2.28. The Kier molecular flexibility index (Phi) is 5.92. The second-order valence-electron chi connectivity index (χ2n) is 2.70. The van der Waals surface area contributed by atoms with E-state index in [1.807, 2.05) is 30.0 Å². The summed E-state index contributed by atoms with van der Waals surface area (Å²) in [6.07, 6.45) is 2.50. The van der Waals surface area contributed by atoms with Crippen molar-refractivity contribution in [2.75, 3.05) is 11.1 Å². The summed E-state index contributed by atoms with van der Waals surface area (Å²) in [5.41, 5.74) is 0. The second kappa shape index (κ2) is 6.74. The van der Waals surface area contributed by atoms with Gasteiger partial charge in [-0.3, -0.25) is 0 Å². The molecule has 1 rings (SSSR count). The van der Waals surface area contributed by atoms with Gasteiger partial charge < -0.3 is 0 Å². The zero-order chi connectivity index (χ0) is 9.52. The summed E-state index contributed by atoms with van der Waals surface area (Å²) in [6, 6.07) is 8.02. The normalized spacial score (nSPS) is 10.3. The third-order valence-corrected chi connectivity index (χ3v) is 3.47. The van der Waals surface area contributed by atoms with Crippen LogP contribution < -0.4 is 0 Å². The van der Waals surface area contributed by atoms with Crippen LogP contribution in [0.3, 0.4) is 0 Å². The van der Waals surface area contributed by atoms with E-state index in [-0.39, 0.29) is 0 Å². The maximum absolute atomic E-state index is 5.86. The Hall–Kier alpha value is 0.340. The molecule has 0 aliphatic heterocycles. The molecule has 0 aliphatic carbocycles. The first-order valence-electron chi connectivity index (χ1n) is 4.27. The molecule has 0 bridgehead atoms. The van der Waals surface area contributed by atoms with Crippen molar-refractivity contribution in [2.24, 2.45) is 0 Å². The minimum Gasteiger partial charge on any atom is -0.126 e. The Bertz CT molecular complexity index is 252. The lowest BCUT2D eigenvalue weighted by Crippen LogP contribution is -1.81. The molecule has 13 heavy (non-hydrogen) atoms. The molecule has 0 saturated carbocycles. The summed E-state index contributed by atoms with van der Waals surface area (Å²) in [5.74, 6) is 1.17. The van der Waals surface area contributed by atoms with Gasteiger partial charge in [-0.25, -0.2) is 0 Å². The minimum atomic E-state index is 0.825. The number of unbranched alkanes of at least 4 members (excludes halogenated alkanes) is 1. The van der Waals surface area contributed by atoms with Crippen molar-refractivity contribution in [3.63, 3.8) is 0 Å². The first-order valence-corrected chi connectivity index (χ1v) is 6.76. The zero-order valence-corrected chi connectivity index (χ0v) is 10.5. The molecule has 0 heterocycles. The quantitative estimate of drug-likeness (QED) is 0.431. The number of hydrogen-bond acceptors (Lipinski definition) is 1. The van der Waals surface area contributed by atoms with E-state index < -0.39 is 0 Å². The van der Waals surface area contributed by atoms with Crippen LogP contribution in [0.1, 0.15) is 12.8 Å². The fraction of sp³-hybridized carbons (Fsp3) is 0.400. The maximum atomic E-state index is 5.86. The average Bonchev–Trinajstić information content (AvgIpc) is 2.13. The van der Waals surface area contributed by atoms with Crippen molar-refractivity contribution in [3.05, 3.63) is 29.3 Å². The highest BCUT2D eigenvalue weighted by atomic mass is 79.9. The number of alkyl halides is 1. The van der Waals surface area contributed by atoms with Crippen LogP contribution in [0.15, 0.2) is 29.2 Å². The average molecular weight is 280 g/mol. The molecule has 0 fully saturated rings. The number of rotatable bonds is 5. The van der Waals surface area contributed by atoms with Gasteiger partial charge in [0.15, 0.2) is 0 Å². The highest BCUT2D eigenvalue weighted by molar-refractivity contribution is 9.09. The molecule has 0 amide bonds.